The van der Waals surface area contributed by atoms with Gasteiger partial charge in [-0.25, -0.2) is 4.68 Å². The number of para-hydroxylation sites is 1. The van der Waals surface area contributed by atoms with Crippen LogP contribution in [0.4, 0.5) is 5.69 Å². The second-order valence-electron chi connectivity index (χ2n) is 5.41. The molecule has 0 bridgehead atoms. The predicted molar refractivity (Wildman–Crippen MR) is 99.5 cm³/mol. The average molecular weight is 360 g/mol. The van der Waals surface area contributed by atoms with Crippen molar-refractivity contribution in [1.82, 2.24) is 9.78 Å². The molecule has 0 radical (unpaired) electrons. The Labute approximate surface area is 149 Å². The van der Waals surface area contributed by atoms with Gasteiger partial charge in [0.1, 0.15) is 0 Å². The summed E-state index contributed by atoms with van der Waals surface area (Å²) in [5, 5.41) is 4.09. The second-order valence-corrected chi connectivity index (χ2v) is 6.29. The molecule has 4 nitrogen and oxygen atoms in total. The van der Waals surface area contributed by atoms with Crippen LogP contribution in [0.3, 0.4) is 0 Å². The molecule has 0 fully saturated rings. The minimum absolute atomic E-state index is 0.145. The Balaban J connectivity index is 2.08. The molecule has 0 aliphatic carbocycles. The summed E-state index contributed by atoms with van der Waals surface area (Å²) < 4.78 is 1.51. The normalized spacial score (nSPS) is 11.8. The number of aliphatic imine (C=N–C) groups is 1. The Bertz CT molecular complexity index is 951. The van der Waals surface area contributed by atoms with Crippen LogP contribution in [0.15, 0.2) is 58.3 Å². The molecular weight excluding hydrogens is 345 g/mol. The fourth-order valence-corrected chi connectivity index (χ4v) is 3.10. The van der Waals surface area contributed by atoms with Gasteiger partial charge in [-0.3, -0.25) is 14.9 Å². The smallest absolute Gasteiger partial charge is 0.280 e. The lowest BCUT2D eigenvalue weighted by atomic mass is 10.1. The lowest BCUT2D eigenvalue weighted by Crippen LogP contribution is -2.19. The molecule has 122 valence electrons. The maximum atomic E-state index is 12.8. The van der Waals surface area contributed by atoms with Crippen LogP contribution in [-0.4, -0.2) is 15.5 Å². The van der Waals surface area contributed by atoms with Crippen LogP contribution >= 0.6 is 23.2 Å². The number of aromatic nitrogens is 2. The first kappa shape index (κ1) is 16.6. The largest absolute Gasteiger partial charge is 0.295 e. The summed E-state index contributed by atoms with van der Waals surface area (Å²) in [5.74, 6) is 0. The van der Waals surface area contributed by atoms with Gasteiger partial charge in [-0.2, -0.15) is 0 Å². The number of aromatic amines is 1. The van der Waals surface area contributed by atoms with E-state index in [2.05, 4.69) is 10.1 Å². The molecule has 0 saturated heterocycles. The minimum atomic E-state index is -0.145. The lowest BCUT2D eigenvalue weighted by molar-refractivity contribution is 0.835. The highest BCUT2D eigenvalue weighted by molar-refractivity contribution is 6.35. The monoisotopic (exact) mass is 359 g/mol. The number of rotatable bonds is 3. The zero-order chi connectivity index (χ0) is 17.3. The standard InChI is InChI=1S/C18H15Cl2N3O/c1-11(21-15-9-13(19)8-14(20)10-15)17-12(2)22-23(18(17)24)16-6-4-3-5-7-16/h3-10,22H,1-2H3. The molecule has 3 aromatic rings. The van der Waals surface area contributed by atoms with Gasteiger partial charge in [-0.05, 0) is 44.2 Å². The van der Waals surface area contributed by atoms with Gasteiger partial charge in [0.05, 0.1) is 22.6 Å². The molecule has 3 rings (SSSR count). The first-order valence-electron chi connectivity index (χ1n) is 7.34. The molecule has 1 aromatic heterocycles. The number of nitrogens with one attached hydrogen (secondary N) is 1. The van der Waals surface area contributed by atoms with Gasteiger partial charge < -0.3 is 0 Å². The molecule has 0 atom stereocenters. The van der Waals surface area contributed by atoms with E-state index < -0.39 is 0 Å². The summed E-state index contributed by atoms with van der Waals surface area (Å²) in [4.78, 5) is 17.2. The second kappa shape index (κ2) is 6.67. The van der Waals surface area contributed by atoms with E-state index in [-0.39, 0.29) is 5.56 Å². The average Bonchev–Trinajstić information content (AvgIpc) is 2.82. The Morgan fingerprint density at radius 2 is 1.71 bits per heavy atom. The van der Waals surface area contributed by atoms with Crippen molar-refractivity contribution in [2.75, 3.05) is 0 Å². The Kier molecular flexibility index (Phi) is 4.60. The highest BCUT2D eigenvalue weighted by Gasteiger charge is 2.15. The van der Waals surface area contributed by atoms with Crippen molar-refractivity contribution < 1.29 is 0 Å². The summed E-state index contributed by atoms with van der Waals surface area (Å²) in [6, 6.07) is 14.4. The van der Waals surface area contributed by atoms with Crippen LogP contribution in [0.25, 0.3) is 5.69 Å². The molecule has 0 amide bonds. The molecular formula is C18H15Cl2N3O. The van der Waals surface area contributed by atoms with E-state index >= 15 is 0 Å². The molecule has 24 heavy (non-hydrogen) atoms. The fourth-order valence-electron chi connectivity index (χ4n) is 2.58. The van der Waals surface area contributed by atoms with E-state index in [1.807, 2.05) is 37.3 Å². The molecule has 1 heterocycles. The maximum absolute atomic E-state index is 12.8. The van der Waals surface area contributed by atoms with Crippen LogP contribution in [0.2, 0.25) is 10.0 Å². The Hall–Kier alpha value is -2.30. The number of nitrogens with zero attached hydrogens (tertiary/aromatic N) is 2. The molecule has 0 aliphatic rings. The molecule has 2 aromatic carbocycles. The van der Waals surface area contributed by atoms with Crippen LogP contribution in [0.1, 0.15) is 18.2 Å². The summed E-state index contributed by atoms with van der Waals surface area (Å²) in [7, 11) is 0. The number of halogens is 2. The number of H-pyrrole nitrogens is 1. The third kappa shape index (κ3) is 3.30. The number of aryl methyl sites for hydroxylation is 1. The van der Waals surface area contributed by atoms with Crippen LogP contribution in [0.5, 0.6) is 0 Å². The van der Waals surface area contributed by atoms with E-state index in [9.17, 15) is 4.79 Å². The number of hydrogen-bond donors (Lipinski definition) is 1. The van der Waals surface area contributed by atoms with Gasteiger partial charge in [0, 0.05) is 15.7 Å². The quantitative estimate of drug-likeness (QED) is 0.662. The number of benzene rings is 2. The summed E-state index contributed by atoms with van der Waals surface area (Å²) >= 11 is 12.0. The van der Waals surface area contributed by atoms with E-state index in [1.54, 1.807) is 25.1 Å². The van der Waals surface area contributed by atoms with Crippen LogP contribution < -0.4 is 5.56 Å². The Morgan fingerprint density at radius 1 is 1.08 bits per heavy atom. The summed E-state index contributed by atoms with van der Waals surface area (Å²) in [6.45, 7) is 3.64. The maximum Gasteiger partial charge on any atom is 0.280 e. The first-order valence-corrected chi connectivity index (χ1v) is 8.10. The van der Waals surface area contributed by atoms with Crippen molar-refractivity contribution in [3.05, 3.63) is 80.2 Å². The van der Waals surface area contributed by atoms with Gasteiger partial charge in [-0.1, -0.05) is 41.4 Å². The minimum Gasteiger partial charge on any atom is -0.295 e. The van der Waals surface area contributed by atoms with Gasteiger partial charge in [-0.15, -0.1) is 0 Å². The first-order chi connectivity index (χ1) is 11.5. The Morgan fingerprint density at radius 3 is 2.33 bits per heavy atom. The lowest BCUT2D eigenvalue weighted by Gasteiger charge is -2.01. The van der Waals surface area contributed by atoms with Crippen molar-refractivity contribution in [3.63, 3.8) is 0 Å². The molecule has 0 saturated carbocycles. The molecule has 0 unspecified atom stereocenters. The molecule has 6 heteroatoms. The SMILES string of the molecule is CC(=Nc1cc(Cl)cc(Cl)c1)c1c(C)[nH]n(-c2ccccc2)c1=O. The van der Waals surface area contributed by atoms with Crippen molar-refractivity contribution in [2.24, 2.45) is 4.99 Å². The fraction of sp³-hybridized carbons (Fsp3) is 0.111. The van der Waals surface area contributed by atoms with Crippen molar-refractivity contribution in [2.45, 2.75) is 13.8 Å². The molecule has 0 aliphatic heterocycles. The third-order valence-electron chi connectivity index (χ3n) is 3.59. The van der Waals surface area contributed by atoms with Crippen LogP contribution in [-0.2, 0) is 0 Å². The molecule has 1 N–H and O–H groups in total. The zero-order valence-corrected chi connectivity index (χ0v) is 14.7. The van der Waals surface area contributed by atoms with E-state index in [4.69, 9.17) is 23.2 Å². The van der Waals surface area contributed by atoms with Crippen molar-refractivity contribution >= 4 is 34.6 Å². The number of hydrogen-bond acceptors (Lipinski definition) is 2. The van der Waals surface area contributed by atoms with Gasteiger partial charge in [0.15, 0.2) is 0 Å². The highest BCUT2D eigenvalue weighted by atomic mass is 35.5. The summed E-state index contributed by atoms with van der Waals surface area (Å²) in [5.41, 5.74) is 3.12. The topological polar surface area (TPSA) is 50.1 Å². The van der Waals surface area contributed by atoms with Crippen molar-refractivity contribution in [3.8, 4) is 5.69 Å². The highest BCUT2D eigenvalue weighted by Crippen LogP contribution is 2.25. The van der Waals surface area contributed by atoms with E-state index in [0.717, 1.165) is 11.4 Å². The third-order valence-corrected chi connectivity index (χ3v) is 4.03. The van der Waals surface area contributed by atoms with Crippen molar-refractivity contribution in [1.29, 1.82) is 0 Å². The predicted octanol–water partition coefficient (Wildman–Crippen LogP) is 4.92. The zero-order valence-electron chi connectivity index (χ0n) is 13.2. The van der Waals surface area contributed by atoms with E-state index in [0.29, 0.717) is 27.0 Å². The van der Waals surface area contributed by atoms with Gasteiger partial charge >= 0.3 is 0 Å². The van der Waals surface area contributed by atoms with E-state index in [1.165, 1.54) is 4.68 Å². The van der Waals surface area contributed by atoms with Crippen LogP contribution in [0, 0.1) is 6.92 Å². The van der Waals surface area contributed by atoms with Gasteiger partial charge in [0.2, 0.25) is 0 Å². The molecule has 0 spiro atoms. The summed E-state index contributed by atoms with van der Waals surface area (Å²) in [6.07, 6.45) is 0. The van der Waals surface area contributed by atoms with Gasteiger partial charge in [0.25, 0.3) is 5.56 Å².